The van der Waals surface area contributed by atoms with Gasteiger partial charge in [0.15, 0.2) is 0 Å². The zero-order valence-electron chi connectivity index (χ0n) is 19.9. The van der Waals surface area contributed by atoms with Crippen LogP contribution in [0.3, 0.4) is 0 Å². The van der Waals surface area contributed by atoms with E-state index in [9.17, 15) is 24.3 Å². The lowest BCUT2D eigenvalue weighted by Crippen LogP contribution is -2.66. The van der Waals surface area contributed by atoms with Crippen molar-refractivity contribution in [3.05, 3.63) is 10.6 Å². The summed E-state index contributed by atoms with van der Waals surface area (Å²) >= 11 is 1.46. The molecule has 0 radical (unpaired) electrons. The lowest BCUT2D eigenvalue weighted by atomic mass is 9.78. The highest BCUT2D eigenvalue weighted by atomic mass is 32.2. The van der Waals surface area contributed by atoms with Crippen LogP contribution in [0.1, 0.15) is 33.6 Å². The Morgan fingerprint density at radius 2 is 2.03 bits per heavy atom. The van der Waals surface area contributed by atoms with Gasteiger partial charge in [0.05, 0.1) is 24.5 Å². The Hall–Kier alpha value is -2.11. The third kappa shape index (κ3) is 5.04. The van der Waals surface area contributed by atoms with Gasteiger partial charge < -0.3 is 30.9 Å². The number of nitrogens with one attached hydrogen (secondary N) is 3. The minimum atomic E-state index is -1.12. The number of carbonyl (C=O) groups is 4. The van der Waals surface area contributed by atoms with Crippen LogP contribution in [0.4, 0.5) is 0 Å². The summed E-state index contributed by atoms with van der Waals surface area (Å²) in [4.78, 5) is 53.2. The number of carbonyl (C=O) groups excluding carboxylic acids is 3. The minimum Gasteiger partial charge on any atom is -0.477 e. The number of aliphatic carboxylic acids is 1. The van der Waals surface area contributed by atoms with Crippen molar-refractivity contribution in [2.75, 3.05) is 33.7 Å². The van der Waals surface area contributed by atoms with E-state index < -0.39 is 17.9 Å². The number of thioether (sulfide) groups is 1. The molecule has 0 spiro atoms. The van der Waals surface area contributed by atoms with Crippen LogP contribution in [0.25, 0.3) is 0 Å². The van der Waals surface area contributed by atoms with E-state index in [1.54, 1.807) is 25.9 Å². The molecule has 3 aliphatic heterocycles. The van der Waals surface area contributed by atoms with Gasteiger partial charge in [0.2, 0.25) is 17.7 Å². The maximum Gasteiger partial charge on any atom is 0.353 e. The zero-order chi connectivity index (χ0) is 24.4. The smallest absolute Gasteiger partial charge is 0.353 e. The third-order valence-electron chi connectivity index (χ3n) is 6.55. The van der Waals surface area contributed by atoms with Crippen LogP contribution in [0.5, 0.6) is 0 Å². The van der Waals surface area contributed by atoms with Crippen molar-refractivity contribution in [2.45, 2.75) is 57.0 Å². The van der Waals surface area contributed by atoms with E-state index >= 15 is 0 Å². The SMILES string of the molecule is CCCNCC(=O)N[C@H](C)[C@H]1C(=O)N2C(C(=O)O)=C(S[C@@H]3CN[C@H](C(=O)N(C)C)C3)[C@H](C)C12. The molecular weight excluding hydrogens is 446 g/mol. The molecule has 2 fully saturated rings. The lowest BCUT2D eigenvalue weighted by molar-refractivity contribution is -0.158. The first-order valence-electron chi connectivity index (χ1n) is 11.5. The summed E-state index contributed by atoms with van der Waals surface area (Å²) in [6.07, 6.45) is 1.52. The van der Waals surface area contributed by atoms with Gasteiger partial charge in [-0.2, -0.15) is 0 Å². The van der Waals surface area contributed by atoms with Gasteiger partial charge in [-0.3, -0.25) is 14.4 Å². The Balaban J connectivity index is 1.68. The molecule has 33 heavy (non-hydrogen) atoms. The summed E-state index contributed by atoms with van der Waals surface area (Å²) < 4.78 is 0. The van der Waals surface area contributed by atoms with Crippen LogP contribution in [0.15, 0.2) is 10.6 Å². The number of carboxylic acid groups (broad SMARTS) is 1. The topological polar surface area (TPSA) is 131 Å². The number of hydrogen-bond donors (Lipinski definition) is 4. The van der Waals surface area contributed by atoms with E-state index in [-0.39, 0.29) is 53.2 Å². The Morgan fingerprint density at radius 1 is 1.33 bits per heavy atom. The molecule has 0 aromatic heterocycles. The number of fused-ring (bicyclic) bond motifs is 1. The van der Waals surface area contributed by atoms with Crippen molar-refractivity contribution >= 4 is 35.5 Å². The molecule has 3 amide bonds. The number of carboxylic acids is 1. The number of likely N-dealkylation sites (N-methyl/N-ethyl adjacent to an activating group) is 1. The second kappa shape index (κ2) is 10.4. The maximum atomic E-state index is 13.0. The molecule has 0 saturated carbocycles. The molecular formula is C22H35N5O5S. The van der Waals surface area contributed by atoms with Gasteiger partial charge >= 0.3 is 5.97 Å². The van der Waals surface area contributed by atoms with Crippen molar-refractivity contribution < 1.29 is 24.3 Å². The number of nitrogens with zero attached hydrogens (tertiary/aromatic N) is 2. The van der Waals surface area contributed by atoms with E-state index in [0.717, 1.165) is 13.0 Å². The molecule has 10 nitrogen and oxygen atoms in total. The molecule has 11 heteroatoms. The summed E-state index contributed by atoms with van der Waals surface area (Å²) in [5.41, 5.74) is 0.0456. The number of hydrogen-bond acceptors (Lipinski definition) is 7. The van der Waals surface area contributed by atoms with Gasteiger partial charge in [0.25, 0.3) is 0 Å². The molecule has 0 aromatic rings. The average Bonchev–Trinajstić information content (AvgIpc) is 3.29. The van der Waals surface area contributed by atoms with Crippen LogP contribution in [0, 0.1) is 11.8 Å². The number of β-lactam (4-membered cyclic amide) rings is 1. The molecule has 0 aromatic carbocycles. The molecule has 184 valence electrons. The van der Waals surface area contributed by atoms with Crippen LogP contribution in [-0.4, -0.2) is 95.7 Å². The van der Waals surface area contributed by atoms with Gasteiger partial charge in [0, 0.05) is 42.8 Å². The first-order valence-corrected chi connectivity index (χ1v) is 12.4. The zero-order valence-corrected chi connectivity index (χ0v) is 20.7. The summed E-state index contributed by atoms with van der Waals surface area (Å²) in [6.45, 7) is 7.27. The Bertz CT molecular complexity index is 847. The third-order valence-corrected chi connectivity index (χ3v) is 8.07. The van der Waals surface area contributed by atoms with Crippen LogP contribution < -0.4 is 16.0 Å². The summed E-state index contributed by atoms with van der Waals surface area (Å²) in [5, 5.41) is 19.1. The predicted octanol–water partition coefficient (Wildman–Crippen LogP) is -0.184. The fraction of sp³-hybridized carbons (Fsp3) is 0.727. The summed E-state index contributed by atoms with van der Waals surface area (Å²) in [5.74, 6) is -2.19. The highest BCUT2D eigenvalue weighted by molar-refractivity contribution is 8.03. The Labute approximate surface area is 198 Å². The highest BCUT2D eigenvalue weighted by Crippen LogP contribution is 2.51. The summed E-state index contributed by atoms with van der Waals surface area (Å²) in [6, 6.07) is -0.976. The first kappa shape index (κ1) is 25.5. The van der Waals surface area contributed by atoms with Crippen LogP contribution >= 0.6 is 11.8 Å². The lowest BCUT2D eigenvalue weighted by Gasteiger charge is -2.47. The van der Waals surface area contributed by atoms with Crippen LogP contribution in [0.2, 0.25) is 0 Å². The first-order chi connectivity index (χ1) is 15.6. The molecule has 0 bridgehead atoms. The van der Waals surface area contributed by atoms with E-state index in [4.69, 9.17) is 0 Å². The molecule has 6 atom stereocenters. The molecule has 3 heterocycles. The van der Waals surface area contributed by atoms with Crippen LogP contribution in [-0.2, 0) is 19.2 Å². The standard InChI is InChI=1S/C22H35N5O5S/c1-6-7-23-10-15(28)25-12(3)16-17-11(2)19(18(22(31)32)27(17)21(16)30)33-13-8-14(24-9-13)20(29)26(4)5/h11-14,16-17,23-24H,6-10H2,1-5H3,(H,25,28)(H,31,32)/t11-,12-,13+,14+,16-,17?/m1/s1. The Kier molecular flexibility index (Phi) is 8.07. The normalized spacial score (nSPS) is 29.5. The quantitative estimate of drug-likeness (QED) is 0.250. The average molecular weight is 482 g/mol. The molecule has 2 saturated heterocycles. The maximum absolute atomic E-state index is 13.0. The number of rotatable bonds is 10. The summed E-state index contributed by atoms with van der Waals surface area (Å²) in [7, 11) is 3.43. The predicted molar refractivity (Wildman–Crippen MR) is 125 cm³/mol. The number of amides is 3. The van der Waals surface area contributed by atoms with Crippen molar-refractivity contribution in [3.63, 3.8) is 0 Å². The van der Waals surface area contributed by atoms with Gasteiger partial charge in [-0.25, -0.2) is 4.79 Å². The van der Waals surface area contributed by atoms with Gasteiger partial charge in [-0.15, -0.1) is 11.8 Å². The fourth-order valence-corrected chi connectivity index (χ4v) is 6.42. The van der Waals surface area contributed by atoms with Gasteiger partial charge in [-0.1, -0.05) is 13.8 Å². The highest BCUT2D eigenvalue weighted by Gasteiger charge is 2.60. The molecule has 0 aliphatic carbocycles. The van der Waals surface area contributed by atoms with E-state index in [1.165, 1.54) is 16.7 Å². The van der Waals surface area contributed by atoms with Crippen molar-refractivity contribution in [1.29, 1.82) is 0 Å². The fourth-order valence-electron chi connectivity index (χ4n) is 4.94. The van der Waals surface area contributed by atoms with Crippen molar-refractivity contribution in [3.8, 4) is 0 Å². The van der Waals surface area contributed by atoms with E-state index in [0.29, 0.717) is 17.9 Å². The monoisotopic (exact) mass is 481 g/mol. The largest absolute Gasteiger partial charge is 0.477 e. The molecule has 1 unspecified atom stereocenters. The van der Waals surface area contributed by atoms with Crippen molar-refractivity contribution in [1.82, 2.24) is 25.8 Å². The van der Waals surface area contributed by atoms with E-state index in [2.05, 4.69) is 16.0 Å². The Morgan fingerprint density at radius 3 is 2.64 bits per heavy atom. The van der Waals surface area contributed by atoms with E-state index in [1.807, 2.05) is 13.8 Å². The molecule has 3 aliphatic rings. The second-order valence-corrected chi connectivity index (χ2v) is 10.6. The minimum absolute atomic E-state index is 0.00191. The van der Waals surface area contributed by atoms with Gasteiger partial charge in [0.1, 0.15) is 5.70 Å². The second-order valence-electron chi connectivity index (χ2n) is 9.23. The molecule has 4 N–H and O–H groups in total. The molecule has 3 rings (SSSR count). The van der Waals surface area contributed by atoms with Crippen molar-refractivity contribution in [2.24, 2.45) is 11.8 Å². The van der Waals surface area contributed by atoms with Gasteiger partial charge in [-0.05, 0) is 26.3 Å².